The van der Waals surface area contributed by atoms with Crippen LogP contribution in [0.2, 0.25) is 5.02 Å². The number of H-pyrrole nitrogens is 1. The number of halogens is 3. The highest BCUT2D eigenvalue weighted by Crippen LogP contribution is 2.28. The van der Waals surface area contributed by atoms with Gasteiger partial charge in [-0.1, -0.05) is 23.7 Å². The van der Waals surface area contributed by atoms with Crippen molar-refractivity contribution in [1.29, 1.82) is 0 Å². The Kier molecular flexibility index (Phi) is 6.82. The number of nitrogens with two attached hydrogens (primary N) is 1. The second-order valence-corrected chi connectivity index (χ2v) is 9.17. The van der Waals surface area contributed by atoms with Crippen LogP contribution in [0.15, 0.2) is 47.4 Å². The van der Waals surface area contributed by atoms with E-state index in [9.17, 15) is 26.8 Å². The van der Waals surface area contributed by atoms with Gasteiger partial charge in [-0.25, -0.2) is 27.1 Å². The zero-order valence-electron chi connectivity index (χ0n) is 16.7. The molecule has 0 radical (unpaired) electrons. The Morgan fingerprint density at radius 1 is 1.25 bits per heavy atom. The van der Waals surface area contributed by atoms with Crippen LogP contribution in [0.5, 0.6) is 0 Å². The van der Waals surface area contributed by atoms with Gasteiger partial charge in [-0.15, -0.1) is 0 Å². The first-order valence-corrected chi connectivity index (χ1v) is 11.4. The molecule has 170 valence electrons. The summed E-state index contributed by atoms with van der Waals surface area (Å²) in [5.41, 5.74) is -0.0945. The Morgan fingerprint density at radius 2 is 1.97 bits per heavy atom. The summed E-state index contributed by atoms with van der Waals surface area (Å²) in [6, 6.07) is 6.07. The quantitative estimate of drug-likeness (QED) is 0.496. The smallest absolute Gasteiger partial charge is 0.322 e. The number of aromatic nitrogens is 1. The van der Waals surface area contributed by atoms with Crippen LogP contribution in [-0.2, 0) is 10.0 Å². The maximum Gasteiger partial charge on any atom is 0.322 e. The van der Waals surface area contributed by atoms with E-state index in [1.54, 1.807) is 6.92 Å². The van der Waals surface area contributed by atoms with Crippen molar-refractivity contribution in [3.8, 4) is 0 Å². The van der Waals surface area contributed by atoms with Crippen LogP contribution in [0.3, 0.4) is 0 Å². The fourth-order valence-electron chi connectivity index (χ4n) is 3.27. The van der Waals surface area contributed by atoms with Crippen LogP contribution in [0.4, 0.5) is 19.3 Å². The number of nitrogens with one attached hydrogen (secondary N) is 2. The summed E-state index contributed by atoms with van der Waals surface area (Å²) in [6.07, 6.45) is 1.33. The first-order chi connectivity index (χ1) is 15.0. The van der Waals surface area contributed by atoms with E-state index in [0.29, 0.717) is 5.56 Å². The molecule has 4 N–H and O–H groups in total. The topological polar surface area (TPSA) is 125 Å². The molecule has 1 heterocycles. The minimum atomic E-state index is -3.92. The van der Waals surface area contributed by atoms with Crippen molar-refractivity contribution in [1.82, 2.24) is 9.88 Å². The Bertz CT molecular complexity index is 1350. The van der Waals surface area contributed by atoms with Gasteiger partial charge in [0.1, 0.15) is 11.6 Å². The zero-order chi connectivity index (χ0) is 23.6. The standard InChI is InChI=1S/C20H19ClF2N4O4S/c1-11(14-10-25-19(28)18-13(14)3-2-4-17(18)23)27(7-8-32(24,30)31)20(29)26-12-5-6-16(22)15(21)9-12/h2-6,9-11H,7-8H2,1H3,(H,25,28)(H,26,29)(H2,24,30,31). The van der Waals surface area contributed by atoms with E-state index in [1.807, 2.05) is 0 Å². The summed E-state index contributed by atoms with van der Waals surface area (Å²) in [4.78, 5) is 28.7. The number of sulfonamides is 1. The van der Waals surface area contributed by atoms with Crippen molar-refractivity contribution in [3.63, 3.8) is 0 Å². The van der Waals surface area contributed by atoms with Gasteiger partial charge in [0.25, 0.3) is 5.56 Å². The van der Waals surface area contributed by atoms with E-state index in [2.05, 4.69) is 10.3 Å². The first kappa shape index (κ1) is 23.6. The number of pyridine rings is 1. The van der Waals surface area contributed by atoms with Crippen molar-refractivity contribution >= 4 is 44.1 Å². The fraction of sp³-hybridized carbons (Fsp3) is 0.200. The predicted octanol–water partition coefficient (Wildman–Crippen LogP) is 3.34. The minimum absolute atomic E-state index is 0.173. The number of aromatic amines is 1. The lowest BCUT2D eigenvalue weighted by Gasteiger charge is -2.30. The van der Waals surface area contributed by atoms with Gasteiger partial charge in [0, 0.05) is 18.4 Å². The number of carbonyl (C=O) groups excluding carboxylic acids is 1. The molecular weight excluding hydrogens is 466 g/mol. The second-order valence-electron chi connectivity index (χ2n) is 7.03. The van der Waals surface area contributed by atoms with Gasteiger partial charge < -0.3 is 15.2 Å². The Morgan fingerprint density at radius 3 is 2.62 bits per heavy atom. The van der Waals surface area contributed by atoms with Crippen molar-refractivity contribution in [2.45, 2.75) is 13.0 Å². The molecule has 1 unspecified atom stereocenters. The normalized spacial score (nSPS) is 12.5. The molecule has 0 spiro atoms. The summed E-state index contributed by atoms with van der Waals surface area (Å²) < 4.78 is 50.7. The van der Waals surface area contributed by atoms with Gasteiger partial charge in [-0.3, -0.25) is 4.79 Å². The van der Waals surface area contributed by atoms with Crippen molar-refractivity contribution in [2.75, 3.05) is 17.6 Å². The predicted molar refractivity (Wildman–Crippen MR) is 118 cm³/mol. The lowest BCUT2D eigenvalue weighted by atomic mass is 10.0. The fourth-order valence-corrected chi connectivity index (χ4v) is 3.90. The molecule has 0 bridgehead atoms. The molecule has 1 atom stereocenters. The average molecular weight is 485 g/mol. The number of anilines is 1. The van der Waals surface area contributed by atoms with Crippen LogP contribution < -0.4 is 16.0 Å². The molecule has 3 aromatic rings. The summed E-state index contributed by atoms with van der Waals surface area (Å²) in [7, 11) is -3.92. The number of hydrogen-bond acceptors (Lipinski definition) is 4. The van der Waals surface area contributed by atoms with E-state index in [-0.39, 0.29) is 28.0 Å². The Labute approximate surface area is 187 Å². The highest BCUT2D eigenvalue weighted by Gasteiger charge is 2.25. The number of amides is 2. The summed E-state index contributed by atoms with van der Waals surface area (Å²) >= 11 is 5.75. The number of benzene rings is 2. The van der Waals surface area contributed by atoms with Gasteiger partial charge in [0.2, 0.25) is 10.0 Å². The number of primary sulfonamides is 1. The van der Waals surface area contributed by atoms with E-state index < -0.39 is 45.0 Å². The molecule has 2 amide bonds. The number of carbonyl (C=O) groups is 1. The Balaban J connectivity index is 2.01. The summed E-state index contributed by atoms with van der Waals surface area (Å²) in [5.74, 6) is -1.96. The monoisotopic (exact) mass is 484 g/mol. The van der Waals surface area contributed by atoms with E-state index in [4.69, 9.17) is 16.7 Å². The first-order valence-electron chi connectivity index (χ1n) is 9.31. The molecule has 32 heavy (non-hydrogen) atoms. The molecule has 2 aromatic carbocycles. The van der Waals surface area contributed by atoms with E-state index in [0.717, 1.165) is 17.0 Å². The molecule has 0 aliphatic carbocycles. The maximum absolute atomic E-state index is 14.3. The SMILES string of the molecule is CC(c1c[nH]c(=O)c2c(F)cccc12)N(CCS(N)(=O)=O)C(=O)Nc1ccc(F)c(Cl)c1. The third kappa shape index (κ3) is 5.23. The van der Waals surface area contributed by atoms with Gasteiger partial charge in [0.05, 0.1) is 22.2 Å². The molecule has 0 saturated carbocycles. The van der Waals surface area contributed by atoms with Crippen molar-refractivity contribution in [2.24, 2.45) is 5.14 Å². The highest BCUT2D eigenvalue weighted by atomic mass is 35.5. The van der Waals surface area contributed by atoms with Crippen LogP contribution in [0.25, 0.3) is 10.8 Å². The van der Waals surface area contributed by atoms with Crippen molar-refractivity contribution in [3.05, 3.63) is 75.2 Å². The van der Waals surface area contributed by atoms with Gasteiger partial charge in [0.15, 0.2) is 0 Å². The summed E-state index contributed by atoms with van der Waals surface area (Å²) in [6.45, 7) is 1.27. The minimum Gasteiger partial charge on any atom is -0.328 e. The third-order valence-electron chi connectivity index (χ3n) is 4.88. The largest absolute Gasteiger partial charge is 0.328 e. The second kappa shape index (κ2) is 9.23. The molecule has 0 fully saturated rings. The molecular formula is C20H19ClF2N4O4S. The number of nitrogens with zero attached hydrogens (tertiary/aromatic N) is 1. The third-order valence-corrected chi connectivity index (χ3v) is 5.92. The van der Waals surface area contributed by atoms with Gasteiger partial charge in [-0.05, 0) is 42.1 Å². The molecule has 0 aliphatic heterocycles. The highest BCUT2D eigenvalue weighted by molar-refractivity contribution is 7.89. The van der Waals surface area contributed by atoms with Crippen molar-refractivity contribution < 1.29 is 22.0 Å². The zero-order valence-corrected chi connectivity index (χ0v) is 18.3. The number of rotatable bonds is 6. The number of hydrogen-bond donors (Lipinski definition) is 3. The van der Waals surface area contributed by atoms with Crippen LogP contribution >= 0.6 is 11.6 Å². The van der Waals surface area contributed by atoms with E-state index >= 15 is 0 Å². The average Bonchev–Trinajstić information content (AvgIpc) is 2.70. The summed E-state index contributed by atoms with van der Waals surface area (Å²) in [5, 5.41) is 7.49. The molecule has 0 saturated heterocycles. The van der Waals surface area contributed by atoms with Crippen LogP contribution in [-0.4, -0.2) is 36.6 Å². The van der Waals surface area contributed by atoms with Crippen LogP contribution in [0, 0.1) is 11.6 Å². The molecule has 8 nitrogen and oxygen atoms in total. The lowest BCUT2D eigenvalue weighted by Crippen LogP contribution is -2.41. The molecule has 0 aliphatic rings. The number of fused-ring (bicyclic) bond motifs is 1. The molecule has 12 heteroatoms. The number of urea groups is 1. The lowest BCUT2D eigenvalue weighted by molar-refractivity contribution is 0.197. The molecule has 1 aromatic heterocycles. The van der Waals surface area contributed by atoms with Gasteiger partial charge in [-0.2, -0.15) is 0 Å². The van der Waals surface area contributed by atoms with Crippen LogP contribution in [0.1, 0.15) is 18.5 Å². The van der Waals surface area contributed by atoms with Gasteiger partial charge >= 0.3 is 6.03 Å². The molecule has 3 rings (SSSR count). The maximum atomic E-state index is 14.3. The van der Waals surface area contributed by atoms with E-state index in [1.165, 1.54) is 30.5 Å². The Hall–Kier alpha value is -3.02.